The highest BCUT2D eigenvalue weighted by Gasteiger charge is 2.13. The lowest BCUT2D eigenvalue weighted by Crippen LogP contribution is -2.18. The van der Waals surface area contributed by atoms with E-state index in [-0.39, 0.29) is 0 Å². The Hall–Kier alpha value is -1.87. The molecule has 3 nitrogen and oxygen atoms in total. The maximum atomic E-state index is 10.3. The van der Waals surface area contributed by atoms with Crippen LogP contribution in [-0.4, -0.2) is 23.7 Å². The van der Waals surface area contributed by atoms with Gasteiger partial charge < -0.3 is 10.0 Å². The first-order valence-electron chi connectivity index (χ1n) is 6.54. The van der Waals surface area contributed by atoms with Crippen molar-refractivity contribution in [3.05, 3.63) is 59.3 Å². The zero-order valence-corrected chi connectivity index (χ0v) is 11.7. The van der Waals surface area contributed by atoms with Gasteiger partial charge in [-0.1, -0.05) is 30.3 Å². The van der Waals surface area contributed by atoms with Gasteiger partial charge in [-0.3, -0.25) is 0 Å². The Morgan fingerprint density at radius 2 is 1.89 bits per heavy atom. The number of aliphatic hydroxyl groups is 1. The van der Waals surface area contributed by atoms with E-state index in [2.05, 4.69) is 16.8 Å². The molecule has 0 aliphatic heterocycles. The van der Waals surface area contributed by atoms with E-state index < -0.39 is 6.10 Å². The zero-order chi connectivity index (χ0) is 13.8. The molecule has 2 aromatic rings. The molecule has 100 valence electrons. The molecule has 1 heterocycles. The summed E-state index contributed by atoms with van der Waals surface area (Å²) >= 11 is 0. The van der Waals surface area contributed by atoms with Crippen LogP contribution in [0.25, 0.3) is 0 Å². The summed E-state index contributed by atoms with van der Waals surface area (Å²) in [6.45, 7) is 5.03. The number of benzene rings is 1. The lowest BCUT2D eigenvalue weighted by atomic mass is 10.0. The quantitative estimate of drug-likeness (QED) is 0.913. The first-order chi connectivity index (χ1) is 9.13. The summed E-state index contributed by atoms with van der Waals surface area (Å²) in [5.74, 6) is 0.964. The van der Waals surface area contributed by atoms with Crippen molar-refractivity contribution in [3.63, 3.8) is 0 Å². The molecular weight excluding hydrogens is 236 g/mol. The molecule has 0 fully saturated rings. The highest BCUT2D eigenvalue weighted by molar-refractivity contribution is 5.47. The van der Waals surface area contributed by atoms with Crippen molar-refractivity contribution in [2.24, 2.45) is 0 Å². The first kappa shape index (κ1) is 13.6. The Labute approximate surface area is 114 Å². The molecule has 0 spiro atoms. The number of hydrogen-bond donors (Lipinski definition) is 1. The van der Waals surface area contributed by atoms with Gasteiger partial charge in [-0.05, 0) is 31.0 Å². The number of aryl methyl sites for hydroxylation is 1. The monoisotopic (exact) mass is 256 g/mol. The van der Waals surface area contributed by atoms with Gasteiger partial charge in [0.05, 0.1) is 0 Å². The van der Waals surface area contributed by atoms with Crippen molar-refractivity contribution in [2.45, 2.75) is 20.0 Å². The summed E-state index contributed by atoms with van der Waals surface area (Å²) < 4.78 is 0. The standard InChI is InChI=1S/C16H20N2O/c1-4-18(3)16-12(2)10-14(11-17-16)15(19)13-8-6-5-7-9-13/h5-11,15,19H,4H2,1-3H3/t15-/m1/s1. The molecule has 0 unspecified atom stereocenters. The lowest BCUT2D eigenvalue weighted by Gasteiger charge is -2.19. The predicted molar refractivity (Wildman–Crippen MR) is 78.4 cm³/mol. The molecule has 3 heteroatoms. The Balaban J connectivity index is 2.30. The predicted octanol–water partition coefficient (Wildman–Crippen LogP) is 2.93. The smallest absolute Gasteiger partial charge is 0.131 e. The third kappa shape index (κ3) is 2.93. The van der Waals surface area contributed by atoms with Crippen LogP contribution in [-0.2, 0) is 0 Å². The van der Waals surface area contributed by atoms with Crippen LogP contribution in [0.3, 0.4) is 0 Å². The van der Waals surface area contributed by atoms with E-state index in [1.165, 1.54) is 0 Å². The number of aliphatic hydroxyl groups excluding tert-OH is 1. The van der Waals surface area contributed by atoms with Gasteiger partial charge in [-0.15, -0.1) is 0 Å². The molecule has 2 rings (SSSR count). The summed E-state index contributed by atoms with van der Waals surface area (Å²) in [4.78, 5) is 6.55. The minimum absolute atomic E-state index is 0.617. The van der Waals surface area contributed by atoms with E-state index in [1.54, 1.807) is 6.20 Å². The Kier molecular flexibility index (Phi) is 4.17. The number of nitrogens with zero attached hydrogens (tertiary/aromatic N) is 2. The minimum Gasteiger partial charge on any atom is -0.384 e. The molecule has 1 aromatic carbocycles. The van der Waals surface area contributed by atoms with Crippen molar-refractivity contribution in [3.8, 4) is 0 Å². The number of anilines is 1. The van der Waals surface area contributed by atoms with E-state index in [1.807, 2.05) is 50.4 Å². The summed E-state index contributed by atoms with van der Waals surface area (Å²) in [7, 11) is 2.02. The maximum Gasteiger partial charge on any atom is 0.131 e. The van der Waals surface area contributed by atoms with Crippen LogP contribution in [0.15, 0.2) is 42.6 Å². The highest BCUT2D eigenvalue weighted by Crippen LogP contribution is 2.24. The average molecular weight is 256 g/mol. The first-order valence-corrected chi connectivity index (χ1v) is 6.54. The topological polar surface area (TPSA) is 36.4 Å². The van der Waals surface area contributed by atoms with Crippen LogP contribution in [0.5, 0.6) is 0 Å². The number of hydrogen-bond acceptors (Lipinski definition) is 3. The summed E-state index contributed by atoms with van der Waals surface area (Å²) in [5, 5.41) is 10.3. The number of aromatic nitrogens is 1. The van der Waals surface area contributed by atoms with Crippen molar-refractivity contribution in [1.82, 2.24) is 4.98 Å². The van der Waals surface area contributed by atoms with Gasteiger partial charge in [-0.2, -0.15) is 0 Å². The van der Waals surface area contributed by atoms with Crippen molar-refractivity contribution < 1.29 is 5.11 Å². The molecule has 0 saturated carbocycles. The molecule has 0 bridgehead atoms. The Morgan fingerprint density at radius 1 is 1.21 bits per heavy atom. The second-order valence-corrected chi connectivity index (χ2v) is 4.74. The average Bonchev–Trinajstić information content (AvgIpc) is 2.46. The van der Waals surface area contributed by atoms with E-state index in [9.17, 15) is 5.11 Å². The van der Waals surface area contributed by atoms with Gasteiger partial charge in [0.2, 0.25) is 0 Å². The van der Waals surface area contributed by atoms with Crippen molar-refractivity contribution in [1.29, 1.82) is 0 Å². The third-order valence-corrected chi connectivity index (χ3v) is 3.34. The van der Waals surface area contributed by atoms with Crippen molar-refractivity contribution >= 4 is 5.82 Å². The molecule has 0 saturated heterocycles. The summed E-state index contributed by atoms with van der Waals surface area (Å²) in [6, 6.07) is 11.7. The molecule has 1 atom stereocenters. The van der Waals surface area contributed by atoms with Crippen LogP contribution in [0.1, 0.15) is 29.7 Å². The van der Waals surface area contributed by atoms with Gasteiger partial charge in [0, 0.05) is 25.4 Å². The molecule has 0 amide bonds. The molecule has 0 aliphatic rings. The number of pyridine rings is 1. The zero-order valence-electron chi connectivity index (χ0n) is 11.7. The van der Waals surface area contributed by atoms with Crippen LogP contribution in [0.2, 0.25) is 0 Å². The lowest BCUT2D eigenvalue weighted by molar-refractivity contribution is 0.220. The van der Waals surface area contributed by atoms with Gasteiger partial charge in [-0.25, -0.2) is 4.98 Å². The van der Waals surface area contributed by atoms with Crippen LogP contribution < -0.4 is 4.90 Å². The van der Waals surface area contributed by atoms with Crippen LogP contribution in [0, 0.1) is 6.92 Å². The van der Waals surface area contributed by atoms with E-state index in [0.29, 0.717) is 0 Å². The highest BCUT2D eigenvalue weighted by atomic mass is 16.3. The minimum atomic E-state index is -0.617. The van der Waals surface area contributed by atoms with E-state index in [0.717, 1.165) is 29.1 Å². The molecule has 1 N–H and O–H groups in total. The van der Waals surface area contributed by atoms with E-state index >= 15 is 0 Å². The fourth-order valence-electron chi connectivity index (χ4n) is 2.12. The summed E-state index contributed by atoms with van der Waals surface area (Å²) in [6.07, 6.45) is 1.14. The van der Waals surface area contributed by atoms with Crippen molar-refractivity contribution in [2.75, 3.05) is 18.5 Å². The maximum absolute atomic E-state index is 10.3. The fourth-order valence-corrected chi connectivity index (χ4v) is 2.12. The molecule has 0 radical (unpaired) electrons. The van der Waals surface area contributed by atoms with Gasteiger partial charge >= 0.3 is 0 Å². The number of rotatable bonds is 4. The van der Waals surface area contributed by atoms with Crippen LogP contribution >= 0.6 is 0 Å². The van der Waals surface area contributed by atoms with Gasteiger partial charge in [0.15, 0.2) is 0 Å². The Morgan fingerprint density at radius 3 is 2.47 bits per heavy atom. The fraction of sp³-hybridized carbons (Fsp3) is 0.312. The molecule has 1 aromatic heterocycles. The molecular formula is C16H20N2O. The third-order valence-electron chi connectivity index (χ3n) is 3.34. The van der Waals surface area contributed by atoms with E-state index in [4.69, 9.17) is 0 Å². The second kappa shape index (κ2) is 5.85. The SMILES string of the molecule is CCN(C)c1ncc([C@H](O)c2ccccc2)cc1C. The largest absolute Gasteiger partial charge is 0.384 e. The van der Waals surface area contributed by atoms with Gasteiger partial charge in [0.1, 0.15) is 11.9 Å². The second-order valence-electron chi connectivity index (χ2n) is 4.74. The molecule has 19 heavy (non-hydrogen) atoms. The normalized spacial score (nSPS) is 12.2. The molecule has 0 aliphatic carbocycles. The Bertz CT molecular complexity index is 540. The van der Waals surface area contributed by atoms with Crippen LogP contribution in [0.4, 0.5) is 5.82 Å². The van der Waals surface area contributed by atoms with Gasteiger partial charge in [0.25, 0.3) is 0 Å². The summed E-state index contributed by atoms with van der Waals surface area (Å²) in [5.41, 5.74) is 2.80.